The third-order valence-electron chi connectivity index (χ3n) is 4.99. The van der Waals surface area contributed by atoms with Gasteiger partial charge >= 0.3 is 0 Å². The molecule has 1 atom stereocenters. The van der Waals surface area contributed by atoms with Crippen LogP contribution >= 0.6 is 11.6 Å². The zero-order valence-corrected chi connectivity index (χ0v) is 14.1. The SMILES string of the molecule is O=C(C[C@@H]1CCCCO1)N1CCC(O)(c2ccccc2Cl)CC1. The number of amides is 1. The summed E-state index contributed by atoms with van der Waals surface area (Å²) in [6, 6.07) is 7.41. The Morgan fingerprint density at radius 3 is 2.70 bits per heavy atom. The van der Waals surface area contributed by atoms with E-state index < -0.39 is 5.60 Å². The van der Waals surface area contributed by atoms with Crippen molar-refractivity contribution in [1.82, 2.24) is 4.90 Å². The molecule has 0 radical (unpaired) electrons. The van der Waals surface area contributed by atoms with Gasteiger partial charge in [-0.3, -0.25) is 4.79 Å². The fourth-order valence-corrected chi connectivity index (χ4v) is 3.84. The normalized spacial score (nSPS) is 24.4. The highest BCUT2D eigenvalue weighted by atomic mass is 35.5. The van der Waals surface area contributed by atoms with Crippen LogP contribution in [0.1, 0.15) is 44.1 Å². The van der Waals surface area contributed by atoms with E-state index in [0.717, 1.165) is 31.4 Å². The van der Waals surface area contributed by atoms with Gasteiger partial charge in [0, 0.05) is 30.3 Å². The van der Waals surface area contributed by atoms with Crippen LogP contribution in [-0.2, 0) is 15.1 Å². The predicted octanol–water partition coefficient (Wildman–Crippen LogP) is 3.11. The molecule has 5 heteroatoms. The lowest BCUT2D eigenvalue weighted by molar-refractivity contribution is -0.139. The first-order valence-corrected chi connectivity index (χ1v) is 8.83. The molecule has 2 fully saturated rings. The molecule has 0 aliphatic carbocycles. The van der Waals surface area contributed by atoms with Crippen LogP contribution in [0.2, 0.25) is 5.02 Å². The summed E-state index contributed by atoms with van der Waals surface area (Å²) in [4.78, 5) is 14.3. The number of aliphatic hydroxyl groups is 1. The van der Waals surface area contributed by atoms with Crippen molar-refractivity contribution in [3.8, 4) is 0 Å². The Morgan fingerprint density at radius 1 is 1.30 bits per heavy atom. The Bertz CT molecular complexity index is 549. The Balaban J connectivity index is 1.57. The van der Waals surface area contributed by atoms with Crippen molar-refractivity contribution in [3.63, 3.8) is 0 Å². The number of rotatable bonds is 3. The Morgan fingerprint density at radius 2 is 2.04 bits per heavy atom. The van der Waals surface area contributed by atoms with Gasteiger partial charge < -0.3 is 14.7 Å². The maximum atomic E-state index is 12.4. The summed E-state index contributed by atoms with van der Waals surface area (Å²) in [7, 11) is 0. The summed E-state index contributed by atoms with van der Waals surface area (Å²) in [5.41, 5.74) is -0.166. The third-order valence-corrected chi connectivity index (χ3v) is 5.32. The first kappa shape index (κ1) is 16.7. The van der Waals surface area contributed by atoms with E-state index in [0.29, 0.717) is 37.4 Å². The van der Waals surface area contributed by atoms with Crippen molar-refractivity contribution in [1.29, 1.82) is 0 Å². The molecule has 2 heterocycles. The lowest BCUT2D eigenvalue weighted by Gasteiger charge is -2.39. The molecule has 2 aliphatic rings. The zero-order chi connectivity index (χ0) is 16.3. The van der Waals surface area contributed by atoms with Gasteiger partial charge in [-0.1, -0.05) is 29.8 Å². The molecule has 126 valence electrons. The highest BCUT2D eigenvalue weighted by Crippen LogP contribution is 2.36. The molecular formula is C18H24ClNO3. The van der Waals surface area contributed by atoms with Crippen LogP contribution in [0.15, 0.2) is 24.3 Å². The predicted molar refractivity (Wildman–Crippen MR) is 89.4 cm³/mol. The summed E-state index contributed by atoms with van der Waals surface area (Å²) in [6.07, 6.45) is 4.79. The molecule has 2 aliphatic heterocycles. The van der Waals surface area contributed by atoms with E-state index in [2.05, 4.69) is 0 Å². The first-order chi connectivity index (χ1) is 11.1. The molecule has 4 nitrogen and oxygen atoms in total. The minimum atomic E-state index is -0.934. The van der Waals surface area contributed by atoms with Crippen molar-refractivity contribution in [2.24, 2.45) is 0 Å². The maximum Gasteiger partial charge on any atom is 0.225 e. The van der Waals surface area contributed by atoms with Gasteiger partial charge in [0.2, 0.25) is 5.91 Å². The van der Waals surface area contributed by atoms with Gasteiger partial charge in [-0.25, -0.2) is 0 Å². The molecular weight excluding hydrogens is 314 g/mol. The van der Waals surface area contributed by atoms with E-state index >= 15 is 0 Å². The third kappa shape index (κ3) is 3.87. The van der Waals surface area contributed by atoms with E-state index in [-0.39, 0.29) is 12.0 Å². The number of ether oxygens (including phenoxy) is 1. The topological polar surface area (TPSA) is 49.8 Å². The van der Waals surface area contributed by atoms with E-state index in [4.69, 9.17) is 16.3 Å². The number of hydrogen-bond acceptors (Lipinski definition) is 3. The highest BCUT2D eigenvalue weighted by Gasteiger charge is 2.37. The van der Waals surface area contributed by atoms with Crippen LogP contribution in [0.3, 0.4) is 0 Å². The van der Waals surface area contributed by atoms with Crippen LogP contribution < -0.4 is 0 Å². The summed E-state index contributed by atoms with van der Waals surface area (Å²) < 4.78 is 5.65. The number of carbonyl (C=O) groups excluding carboxylic acids is 1. The fourth-order valence-electron chi connectivity index (χ4n) is 3.53. The van der Waals surface area contributed by atoms with E-state index in [1.165, 1.54) is 0 Å². The molecule has 1 N–H and O–H groups in total. The molecule has 1 aromatic rings. The Labute approximate surface area is 142 Å². The molecule has 0 unspecified atom stereocenters. The molecule has 1 amide bonds. The number of benzene rings is 1. The van der Waals surface area contributed by atoms with E-state index in [1.54, 1.807) is 6.07 Å². The van der Waals surface area contributed by atoms with Crippen molar-refractivity contribution < 1.29 is 14.6 Å². The zero-order valence-electron chi connectivity index (χ0n) is 13.3. The molecule has 0 saturated carbocycles. The number of hydrogen-bond donors (Lipinski definition) is 1. The average Bonchev–Trinajstić information content (AvgIpc) is 2.56. The number of likely N-dealkylation sites (tertiary alicyclic amines) is 1. The number of piperidine rings is 1. The van der Waals surface area contributed by atoms with Crippen molar-refractivity contribution in [2.75, 3.05) is 19.7 Å². The minimum absolute atomic E-state index is 0.0700. The van der Waals surface area contributed by atoms with Gasteiger partial charge in [-0.2, -0.15) is 0 Å². The van der Waals surface area contributed by atoms with Crippen molar-refractivity contribution in [2.45, 2.75) is 50.2 Å². The second-order valence-corrected chi connectivity index (χ2v) is 6.99. The number of halogens is 1. The smallest absolute Gasteiger partial charge is 0.225 e. The van der Waals surface area contributed by atoms with Crippen LogP contribution in [0.4, 0.5) is 0 Å². The van der Waals surface area contributed by atoms with Crippen LogP contribution in [0.25, 0.3) is 0 Å². The molecule has 2 saturated heterocycles. The Hall–Kier alpha value is -1.10. The summed E-state index contributed by atoms with van der Waals surface area (Å²) in [5.74, 6) is 0.137. The van der Waals surface area contributed by atoms with Crippen LogP contribution in [0.5, 0.6) is 0 Å². The lowest BCUT2D eigenvalue weighted by atomic mass is 9.84. The lowest BCUT2D eigenvalue weighted by Crippen LogP contribution is -2.46. The minimum Gasteiger partial charge on any atom is -0.385 e. The monoisotopic (exact) mass is 337 g/mol. The van der Waals surface area contributed by atoms with Gasteiger partial charge in [0.05, 0.1) is 18.1 Å². The highest BCUT2D eigenvalue weighted by molar-refractivity contribution is 6.31. The molecule has 0 aromatic heterocycles. The molecule has 1 aromatic carbocycles. The standard InChI is InChI=1S/C18H24ClNO3/c19-16-7-2-1-6-15(16)18(22)8-10-20(11-9-18)17(21)13-14-5-3-4-12-23-14/h1-2,6-7,14,22H,3-5,8-13H2/t14-/m0/s1. The first-order valence-electron chi connectivity index (χ1n) is 8.45. The Kier molecular flexibility index (Phi) is 5.24. The maximum absolute atomic E-state index is 12.4. The number of carbonyl (C=O) groups is 1. The fraction of sp³-hybridized carbons (Fsp3) is 0.611. The number of nitrogens with zero attached hydrogens (tertiary/aromatic N) is 1. The van der Waals surface area contributed by atoms with Crippen molar-refractivity contribution >= 4 is 17.5 Å². The van der Waals surface area contributed by atoms with Crippen LogP contribution in [0, 0.1) is 0 Å². The quantitative estimate of drug-likeness (QED) is 0.922. The largest absolute Gasteiger partial charge is 0.385 e. The second-order valence-electron chi connectivity index (χ2n) is 6.58. The van der Waals surface area contributed by atoms with Crippen LogP contribution in [-0.4, -0.2) is 41.7 Å². The molecule has 23 heavy (non-hydrogen) atoms. The van der Waals surface area contributed by atoms with Crippen molar-refractivity contribution in [3.05, 3.63) is 34.9 Å². The van der Waals surface area contributed by atoms with E-state index in [9.17, 15) is 9.90 Å². The molecule has 3 rings (SSSR count). The average molecular weight is 338 g/mol. The summed E-state index contributed by atoms with van der Waals surface area (Å²) in [6.45, 7) is 1.89. The summed E-state index contributed by atoms with van der Waals surface area (Å²) in [5, 5.41) is 11.5. The molecule has 0 bridgehead atoms. The van der Waals surface area contributed by atoms with Gasteiger partial charge in [0.25, 0.3) is 0 Å². The van der Waals surface area contributed by atoms with Gasteiger partial charge in [-0.15, -0.1) is 0 Å². The second kappa shape index (κ2) is 7.20. The molecule has 0 spiro atoms. The van der Waals surface area contributed by atoms with Gasteiger partial charge in [0.1, 0.15) is 0 Å². The van der Waals surface area contributed by atoms with Gasteiger partial charge in [0.15, 0.2) is 0 Å². The summed E-state index contributed by atoms with van der Waals surface area (Å²) >= 11 is 6.22. The van der Waals surface area contributed by atoms with E-state index in [1.807, 2.05) is 23.1 Å². The van der Waals surface area contributed by atoms with Gasteiger partial charge in [-0.05, 0) is 38.2 Å².